The standard InChI is InChI=1S/C14H21N3O/c1-9-12(10-7-8-10)16-17-13(9)15-14(18)11-5-3-2-4-6-11/h10-11H,2-8H2,1H3,(H2,15,16,17,18). The SMILES string of the molecule is Cc1c(NC(=O)C2CCCCC2)n[nH]c1C1CC1. The molecule has 0 aliphatic heterocycles. The first-order valence-corrected chi connectivity index (χ1v) is 7.11. The molecule has 2 aliphatic carbocycles. The number of hydrogen-bond donors (Lipinski definition) is 2. The molecule has 1 aromatic heterocycles. The van der Waals surface area contributed by atoms with Gasteiger partial charge in [0, 0.05) is 23.1 Å². The summed E-state index contributed by atoms with van der Waals surface area (Å²) in [6.45, 7) is 2.05. The summed E-state index contributed by atoms with van der Waals surface area (Å²) in [7, 11) is 0. The number of amides is 1. The molecule has 2 fully saturated rings. The number of anilines is 1. The second-order valence-corrected chi connectivity index (χ2v) is 5.71. The third kappa shape index (κ3) is 2.28. The van der Waals surface area contributed by atoms with Gasteiger partial charge in [0.15, 0.2) is 5.82 Å². The fourth-order valence-corrected chi connectivity index (χ4v) is 2.89. The molecule has 0 saturated heterocycles. The number of aromatic amines is 1. The molecule has 1 amide bonds. The van der Waals surface area contributed by atoms with E-state index >= 15 is 0 Å². The molecule has 0 radical (unpaired) electrons. The van der Waals surface area contributed by atoms with Crippen molar-refractivity contribution in [3.8, 4) is 0 Å². The molecule has 2 N–H and O–H groups in total. The lowest BCUT2D eigenvalue weighted by molar-refractivity contribution is -0.120. The predicted octanol–water partition coefficient (Wildman–Crippen LogP) is 3.11. The topological polar surface area (TPSA) is 57.8 Å². The van der Waals surface area contributed by atoms with Gasteiger partial charge in [-0.2, -0.15) is 5.10 Å². The lowest BCUT2D eigenvalue weighted by Gasteiger charge is -2.20. The maximum absolute atomic E-state index is 12.1. The minimum absolute atomic E-state index is 0.159. The van der Waals surface area contributed by atoms with Crippen LogP contribution in [0, 0.1) is 12.8 Å². The van der Waals surface area contributed by atoms with Gasteiger partial charge in [-0.25, -0.2) is 0 Å². The molecular weight excluding hydrogens is 226 g/mol. The largest absolute Gasteiger partial charge is 0.309 e. The maximum Gasteiger partial charge on any atom is 0.228 e. The summed E-state index contributed by atoms with van der Waals surface area (Å²) in [5, 5.41) is 10.3. The number of hydrogen-bond acceptors (Lipinski definition) is 2. The summed E-state index contributed by atoms with van der Waals surface area (Å²) in [4.78, 5) is 12.1. The van der Waals surface area contributed by atoms with Crippen LogP contribution in [0.25, 0.3) is 0 Å². The van der Waals surface area contributed by atoms with Gasteiger partial charge >= 0.3 is 0 Å². The molecule has 1 aromatic rings. The van der Waals surface area contributed by atoms with Gasteiger partial charge < -0.3 is 5.32 Å². The lowest BCUT2D eigenvalue weighted by atomic mass is 9.88. The van der Waals surface area contributed by atoms with Crippen molar-refractivity contribution in [3.05, 3.63) is 11.3 Å². The van der Waals surface area contributed by atoms with Crippen molar-refractivity contribution in [1.82, 2.24) is 10.2 Å². The molecule has 0 spiro atoms. The average Bonchev–Trinajstić information content (AvgIpc) is 3.17. The number of H-pyrrole nitrogens is 1. The first kappa shape index (κ1) is 11.8. The van der Waals surface area contributed by atoms with Crippen LogP contribution in [0.15, 0.2) is 0 Å². The van der Waals surface area contributed by atoms with E-state index in [4.69, 9.17) is 0 Å². The van der Waals surface area contributed by atoms with E-state index in [9.17, 15) is 4.79 Å². The highest BCUT2D eigenvalue weighted by atomic mass is 16.1. The summed E-state index contributed by atoms with van der Waals surface area (Å²) < 4.78 is 0. The summed E-state index contributed by atoms with van der Waals surface area (Å²) in [5.74, 6) is 1.75. The summed E-state index contributed by atoms with van der Waals surface area (Å²) in [6.07, 6.45) is 8.21. The Hall–Kier alpha value is -1.32. The van der Waals surface area contributed by atoms with Gasteiger partial charge in [0.2, 0.25) is 5.91 Å². The number of nitrogens with zero attached hydrogens (tertiary/aromatic N) is 1. The number of aromatic nitrogens is 2. The highest BCUT2D eigenvalue weighted by molar-refractivity contribution is 5.92. The van der Waals surface area contributed by atoms with E-state index in [1.54, 1.807) is 0 Å². The smallest absolute Gasteiger partial charge is 0.228 e. The molecule has 3 rings (SSSR count). The van der Waals surface area contributed by atoms with Crippen molar-refractivity contribution in [2.45, 2.75) is 57.8 Å². The van der Waals surface area contributed by atoms with E-state index in [1.165, 1.54) is 37.8 Å². The molecule has 2 saturated carbocycles. The molecule has 4 heteroatoms. The summed E-state index contributed by atoms with van der Waals surface area (Å²) in [6, 6.07) is 0. The minimum atomic E-state index is 0.159. The Kier molecular flexibility index (Phi) is 3.10. The zero-order valence-electron chi connectivity index (χ0n) is 11.0. The van der Waals surface area contributed by atoms with Gasteiger partial charge in [-0.3, -0.25) is 9.89 Å². The molecular formula is C14H21N3O. The van der Waals surface area contributed by atoms with E-state index in [0.29, 0.717) is 5.92 Å². The quantitative estimate of drug-likeness (QED) is 0.862. The van der Waals surface area contributed by atoms with E-state index in [0.717, 1.165) is 24.2 Å². The van der Waals surface area contributed by atoms with Crippen LogP contribution in [0.1, 0.15) is 62.1 Å². The Morgan fingerprint density at radius 1 is 1.22 bits per heavy atom. The van der Waals surface area contributed by atoms with Crippen LogP contribution >= 0.6 is 0 Å². The van der Waals surface area contributed by atoms with Crippen molar-refractivity contribution < 1.29 is 4.79 Å². The fraction of sp³-hybridized carbons (Fsp3) is 0.714. The van der Waals surface area contributed by atoms with Crippen molar-refractivity contribution in [3.63, 3.8) is 0 Å². The average molecular weight is 247 g/mol. The Morgan fingerprint density at radius 2 is 1.94 bits per heavy atom. The number of carbonyl (C=O) groups is 1. The predicted molar refractivity (Wildman–Crippen MR) is 70.5 cm³/mol. The van der Waals surface area contributed by atoms with Gasteiger partial charge in [-0.05, 0) is 32.6 Å². The Morgan fingerprint density at radius 3 is 2.61 bits per heavy atom. The normalized spacial score (nSPS) is 20.9. The first-order valence-electron chi connectivity index (χ1n) is 7.11. The number of carbonyl (C=O) groups excluding carboxylic acids is 1. The van der Waals surface area contributed by atoms with Crippen LogP contribution in [0.3, 0.4) is 0 Å². The Bertz CT molecular complexity index is 442. The fourth-order valence-electron chi connectivity index (χ4n) is 2.89. The Labute approximate surface area is 108 Å². The number of nitrogens with one attached hydrogen (secondary N) is 2. The van der Waals surface area contributed by atoms with Crippen LogP contribution in [0.4, 0.5) is 5.82 Å². The van der Waals surface area contributed by atoms with Crippen LogP contribution in [-0.4, -0.2) is 16.1 Å². The zero-order valence-corrected chi connectivity index (χ0v) is 11.0. The van der Waals surface area contributed by atoms with Crippen LogP contribution in [0.5, 0.6) is 0 Å². The zero-order chi connectivity index (χ0) is 12.5. The Balaban J connectivity index is 1.66. The van der Waals surface area contributed by atoms with Gasteiger partial charge in [-0.15, -0.1) is 0 Å². The third-order valence-corrected chi connectivity index (χ3v) is 4.25. The van der Waals surface area contributed by atoms with Crippen molar-refractivity contribution >= 4 is 11.7 Å². The van der Waals surface area contributed by atoms with E-state index < -0.39 is 0 Å². The monoisotopic (exact) mass is 247 g/mol. The maximum atomic E-state index is 12.1. The van der Waals surface area contributed by atoms with E-state index in [2.05, 4.69) is 15.5 Å². The van der Waals surface area contributed by atoms with E-state index in [1.807, 2.05) is 6.92 Å². The third-order valence-electron chi connectivity index (χ3n) is 4.25. The number of rotatable bonds is 3. The first-order chi connectivity index (χ1) is 8.75. The molecule has 2 aliphatic rings. The van der Waals surface area contributed by atoms with Crippen LogP contribution < -0.4 is 5.32 Å². The molecule has 1 heterocycles. The van der Waals surface area contributed by atoms with Crippen LogP contribution in [0.2, 0.25) is 0 Å². The molecule has 4 nitrogen and oxygen atoms in total. The summed E-state index contributed by atoms with van der Waals surface area (Å²) in [5.41, 5.74) is 2.34. The molecule has 0 unspecified atom stereocenters. The van der Waals surface area contributed by atoms with Gasteiger partial charge in [-0.1, -0.05) is 19.3 Å². The minimum Gasteiger partial charge on any atom is -0.309 e. The molecule has 18 heavy (non-hydrogen) atoms. The molecule has 98 valence electrons. The van der Waals surface area contributed by atoms with Gasteiger partial charge in [0.05, 0.1) is 0 Å². The van der Waals surface area contributed by atoms with Gasteiger partial charge in [0.25, 0.3) is 0 Å². The van der Waals surface area contributed by atoms with Crippen molar-refractivity contribution in [1.29, 1.82) is 0 Å². The second kappa shape index (κ2) is 4.75. The van der Waals surface area contributed by atoms with Crippen LogP contribution in [-0.2, 0) is 4.79 Å². The molecule has 0 bridgehead atoms. The van der Waals surface area contributed by atoms with Gasteiger partial charge in [0.1, 0.15) is 0 Å². The highest BCUT2D eigenvalue weighted by Gasteiger charge is 2.29. The second-order valence-electron chi connectivity index (χ2n) is 5.71. The van der Waals surface area contributed by atoms with Crippen molar-refractivity contribution in [2.24, 2.45) is 5.92 Å². The molecule has 0 atom stereocenters. The summed E-state index contributed by atoms with van der Waals surface area (Å²) >= 11 is 0. The van der Waals surface area contributed by atoms with E-state index in [-0.39, 0.29) is 11.8 Å². The lowest BCUT2D eigenvalue weighted by Crippen LogP contribution is -2.25. The highest BCUT2D eigenvalue weighted by Crippen LogP contribution is 2.41. The molecule has 0 aromatic carbocycles. The van der Waals surface area contributed by atoms with Crippen molar-refractivity contribution in [2.75, 3.05) is 5.32 Å².